The highest BCUT2D eigenvalue weighted by Gasteiger charge is 2.29. The molecule has 3 nitrogen and oxygen atoms in total. The molecule has 0 aliphatic rings. The Morgan fingerprint density at radius 2 is 1.40 bits per heavy atom. The molecule has 0 rings (SSSR count). The monoisotopic (exact) mass is 296 g/mol. The Morgan fingerprint density at radius 1 is 1.00 bits per heavy atom. The van der Waals surface area contributed by atoms with Crippen LogP contribution in [0.3, 0.4) is 0 Å². The number of alkyl halides is 3. The van der Waals surface area contributed by atoms with E-state index in [1.54, 1.807) is 27.7 Å². The first kappa shape index (κ1) is 16.2. The maximum atomic E-state index is 5.89. The van der Waals surface area contributed by atoms with Crippen LogP contribution in [0.2, 0.25) is 0 Å². The minimum Gasteiger partial charge on any atom is -0.311 e. The molecule has 0 spiro atoms. The van der Waals surface area contributed by atoms with Crippen LogP contribution in [0.1, 0.15) is 27.7 Å². The van der Waals surface area contributed by atoms with Crippen molar-refractivity contribution in [1.29, 1.82) is 0 Å². The van der Waals surface area contributed by atoms with Crippen LogP contribution in [0.25, 0.3) is 0 Å². The summed E-state index contributed by atoms with van der Waals surface area (Å²) in [5.74, 6) is 0.358. The van der Waals surface area contributed by atoms with Gasteiger partial charge in [-0.1, -0.05) is 23.2 Å². The smallest absolute Gasteiger partial charge is 0.311 e. The van der Waals surface area contributed by atoms with E-state index in [9.17, 15) is 0 Å². The van der Waals surface area contributed by atoms with Crippen LogP contribution >= 0.6 is 43.4 Å². The Balaban J connectivity index is 4.19. The highest BCUT2D eigenvalue weighted by molar-refractivity contribution is 7.42. The molecule has 0 unspecified atom stereocenters. The second kappa shape index (κ2) is 6.80. The number of halogens is 3. The first-order valence-corrected chi connectivity index (χ1v) is 6.78. The zero-order valence-corrected chi connectivity index (χ0v) is 12.4. The third-order valence-corrected chi connectivity index (χ3v) is 2.99. The van der Waals surface area contributed by atoms with Crippen molar-refractivity contribution in [2.45, 2.75) is 37.8 Å². The maximum Gasteiger partial charge on any atom is 0.336 e. The Hall–Kier alpha value is 1.18. The Labute approximate surface area is 107 Å². The van der Waals surface area contributed by atoms with E-state index in [1.165, 1.54) is 0 Å². The van der Waals surface area contributed by atoms with Gasteiger partial charge in [0.2, 0.25) is 0 Å². The normalized spacial score (nSPS) is 13.6. The van der Waals surface area contributed by atoms with Gasteiger partial charge >= 0.3 is 8.60 Å². The second-order valence-electron chi connectivity index (χ2n) is 3.66. The molecule has 0 aromatic heterocycles. The van der Waals surface area contributed by atoms with Gasteiger partial charge in [0.05, 0.1) is 6.61 Å². The molecule has 0 saturated heterocycles. The largest absolute Gasteiger partial charge is 0.336 e. The van der Waals surface area contributed by atoms with Crippen molar-refractivity contribution >= 4 is 43.4 Å². The minimum atomic E-state index is -1.59. The molecule has 0 aliphatic heterocycles. The zero-order valence-electron chi connectivity index (χ0n) is 9.22. The van der Waals surface area contributed by atoms with E-state index in [-0.39, 0.29) is 0 Å². The topological polar surface area (TPSA) is 27.7 Å². The summed E-state index contributed by atoms with van der Waals surface area (Å²) in [4.78, 5) is 0. The van der Waals surface area contributed by atoms with Gasteiger partial charge in [-0.3, -0.25) is 9.05 Å². The minimum absolute atomic E-state index is 0.327. The van der Waals surface area contributed by atoms with E-state index in [2.05, 4.69) is 0 Å². The maximum absolute atomic E-state index is 5.89. The van der Waals surface area contributed by atoms with Crippen molar-refractivity contribution in [3.05, 3.63) is 0 Å². The standard InChI is InChI=1S/C8H16Cl3O3P/c1-7(2,10)13-15(12-6-5-9)14-8(3,4)11/h5-6H2,1-4H3. The molecule has 0 aromatic carbocycles. The third kappa shape index (κ3) is 11.4. The lowest BCUT2D eigenvalue weighted by atomic mass is 10.5. The molecule has 0 aliphatic carbocycles. The Kier molecular flexibility index (Phi) is 7.34. The summed E-state index contributed by atoms with van der Waals surface area (Å²) in [6.45, 7) is 7.10. The predicted molar refractivity (Wildman–Crippen MR) is 65.6 cm³/mol. The number of hydrogen-bond donors (Lipinski definition) is 0. The first-order valence-electron chi connectivity index (χ1n) is 4.39. The van der Waals surface area contributed by atoms with Gasteiger partial charge in [0.1, 0.15) is 10.1 Å². The summed E-state index contributed by atoms with van der Waals surface area (Å²) in [5, 5.41) is -1.72. The Morgan fingerprint density at radius 3 is 1.67 bits per heavy atom. The SMILES string of the molecule is CC(C)(Cl)OP(OCCCl)OC(C)(C)Cl. The van der Waals surface area contributed by atoms with Crippen LogP contribution in [0, 0.1) is 0 Å². The molecule has 0 radical (unpaired) electrons. The molecule has 0 amide bonds. The fraction of sp³-hybridized carbons (Fsp3) is 1.00. The van der Waals surface area contributed by atoms with Gasteiger partial charge in [-0.05, 0) is 27.7 Å². The summed E-state index contributed by atoms with van der Waals surface area (Å²) in [6, 6.07) is 0. The van der Waals surface area contributed by atoms with Gasteiger partial charge in [0.15, 0.2) is 0 Å². The molecule has 0 saturated carbocycles. The van der Waals surface area contributed by atoms with Crippen molar-refractivity contribution in [1.82, 2.24) is 0 Å². The molecule has 7 heteroatoms. The summed E-state index contributed by atoms with van der Waals surface area (Å²) in [6.07, 6.45) is 0. The van der Waals surface area contributed by atoms with E-state index in [0.717, 1.165) is 0 Å². The molecule has 0 aromatic rings. The molecule has 0 bridgehead atoms. The zero-order chi connectivity index (χ0) is 12.1. The number of rotatable bonds is 7. The summed E-state index contributed by atoms with van der Waals surface area (Å²) in [7, 11) is -1.59. The van der Waals surface area contributed by atoms with Gasteiger partial charge < -0.3 is 4.52 Å². The fourth-order valence-electron chi connectivity index (χ4n) is 0.535. The molecular formula is C8H16Cl3O3P. The second-order valence-corrected chi connectivity index (χ2v) is 6.92. The quantitative estimate of drug-likeness (QED) is 0.513. The van der Waals surface area contributed by atoms with Crippen molar-refractivity contribution in [3.63, 3.8) is 0 Å². The van der Waals surface area contributed by atoms with Crippen LogP contribution < -0.4 is 0 Å². The molecule has 0 N–H and O–H groups in total. The molecule has 0 heterocycles. The number of hydrogen-bond acceptors (Lipinski definition) is 3. The van der Waals surface area contributed by atoms with Crippen molar-refractivity contribution in [3.8, 4) is 0 Å². The van der Waals surface area contributed by atoms with Gasteiger partial charge in [-0.25, -0.2) is 0 Å². The van der Waals surface area contributed by atoms with Crippen LogP contribution in [0.15, 0.2) is 0 Å². The van der Waals surface area contributed by atoms with Crippen LogP contribution in [-0.2, 0) is 13.6 Å². The molecule has 0 atom stereocenters. The van der Waals surface area contributed by atoms with E-state index < -0.39 is 18.7 Å². The summed E-state index contributed by atoms with van der Waals surface area (Å²) in [5.41, 5.74) is 0. The highest BCUT2D eigenvalue weighted by atomic mass is 35.5. The average molecular weight is 298 g/mol. The lowest BCUT2D eigenvalue weighted by Gasteiger charge is -2.27. The van der Waals surface area contributed by atoms with E-state index in [4.69, 9.17) is 48.4 Å². The van der Waals surface area contributed by atoms with E-state index >= 15 is 0 Å². The Bertz CT molecular complexity index is 163. The van der Waals surface area contributed by atoms with Gasteiger partial charge in [0.25, 0.3) is 0 Å². The summed E-state index contributed by atoms with van der Waals surface area (Å²) < 4.78 is 16.0. The van der Waals surface area contributed by atoms with E-state index in [0.29, 0.717) is 12.5 Å². The third-order valence-electron chi connectivity index (χ3n) is 0.857. The highest BCUT2D eigenvalue weighted by Crippen LogP contribution is 2.48. The lowest BCUT2D eigenvalue weighted by Crippen LogP contribution is -2.19. The van der Waals surface area contributed by atoms with Crippen molar-refractivity contribution in [2.75, 3.05) is 12.5 Å². The van der Waals surface area contributed by atoms with Crippen LogP contribution in [-0.4, -0.2) is 22.6 Å². The average Bonchev–Trinajstić information content (AvgIpc) is 1.94. The van der Waals surface area contributed by atoms with Gasteiger partial charge in [-0.2, -0.15) is 0 Å². The molecule has 0 fully saturated rings. The molecule has 15 heavy (non-hydrogen) atoms. The lowest BCUT2D eigenvalue weighted by molar-refractivity contribution is 0.0847. The van der Waals surface area contributed by atoms with E-state index in [1.807, 2.05) is 0 Å². The fourth-order valence-corrected chi connectivity index (χ4v) is 2.15. The van der Waals surface area contributed by atoms with Crippen molar-refractivity contribution in [2.24, 2.45) is 0 Å². The van der Waals surface area contributed by atoms with Gasteiger partial charge in [-0.15, -0.1) is 11.6 Å². The van der Waals surface area contributed by atoms with Gasteiger partial charge in [0, 0.05) is 5.88 Å². The van der Waals surface area contributed by atoms with Crippen molar-refractivity contribution < 1.29 is 13.6 Å². The summed E-state index contributed by atoms with van der Waals surface area (Å²) >= 11 is 17.3. The predicted octanol–water partition coefficient (Wildman–Crippen LogP) is 4.45. The van der Waals surface area contributed by atoms with Crippen LogP contribution in [0.5, 0.6) is 0 Å². The first-order chi connectivity index (χ1) is 6.64. The molecule has 92 valence electrons. The molecular weight excluding hydrogens is 281 g/mol. The van der Waals surface area contributed by atoms with Crippen LogP contribution in [0.4, 0.5) is 0 Å².